The van der Waals surface area contributed by atoms with Gasteiger partial charge in [-0.2, -0.15) is 0 Å². The van der Waals surface area contributed by atoms with Crippen molar-refractivity contribution in [2.75, 3.05) is 0 Å². The third-order valence-electron chi connectivity index (χ3n) is 16.6. The molecule has 17 rings (SSSR count). The average molecular weight is 1050 g/mol. The van der Waals surface area contributed by atoms with Crippen LogP contribution in [0.4, 0.5) is 0 Å². The lowest BCUT2D eigenvalue weighted by atomic mass is 10.0. The van der Waals surface area contributed by atoms with Crippen LogP contribution in [0.2, 0.25) is 0 Å². The molecule has 0 amide bonds. The zero-order chi connectivity index (χ0) is 54.1. The van der Waals surface area contributed by atoms with Gasteiger partial charge in [0, 0.05) is 65.8 Å². The predicted octanol–water partition coefficient (Wildman–Crippen LogP) is 20.8. The van der Waals surface area contributed by atoms with Crippen LogP contribution in [-0.2, 0) is 0 Å². The lowest BCUT2D eigenvalue weighted by molar-refractivity contribution is 1.17. The molecule has 0 spiro atoms. The van der Waals surface area contributed by atoms with Gasteiger partial charge in [-0.15, -0.1) is 0 Å². The summed E-state index contributed by atoms with van der Waals surface area (Å²) in [5.74, 6) is 0. The number of fused-ring (bicyclic) bond motifs is 14. The summed E-state index contributed by atoms with van der Waals surface area (Å²) >= 11 is 0. The largest absolute Gasteiger partial charge is 0.309 e. The van der Waals surface area contributed by atoms with E-state index in [1.807, 2.05) is 0 Å². The quantitative estimate of drug-likeness (QED) is 0.152. The van der Waals surface area contributed by atoms with E-state index in [0.717, 1.165) is 11.4 Å². The van der Waals surface area contributed by atoms with Crippen LogP contribution < -0.4 is 0 Å². The van der Waals surface area contributed by atoms with E-state index in [-0.39, 0.29) is 0 Å². The van der Waals surface area contributed by atoms with Crippen molar-refractivity contribution in [2.45, 2.75) is 0 Å². The minimum atomic E-state index is 1.16. The second-order valence-corrected chi connectivity index (χ2v) is 21.2. The molecule has 13 aromatic carbocycles. The Labute approximate surface area is 474 Å². The first-order valence-electron chi connectivity index (χ1n) is 28.2. The van der Waals surface area contributed by atoms with Crippen molar-refractivity contribution < 1.29 is 0 Å². The Kier molecular flexibility index (Phi) is 11.2. The molecule has 0 radical (unpaired) electrons. The van der Waals surface area contributed by atoms with Gasteiger partial charge in [-0.25, -0.2) is 0 Å². The van der Waals surface area contributed by atoms with E-state index in [9.17, 15) is 0 Å². The van der Waals surface area contributed by atoms with E-state index < -0.39 is 0 Å². The first kappa shape index (κ1) is 47.1. The number of rotatable bonds is 7. The molecule has 0 aliphatic heterocycles. The molecule has 0 fully saturated rings. The van der Waals surface area contributed by atoms with Gasteiger partial charge in [0.05, 0.1) is 44.1 Å². The molecule has 0 aliphatic carbocycles. The first-order valence-corrected chi connectivity index (χ1v) is 28.2. The smallest absolute Gasteiger partial charge is 0.0548 e. The van der Waals surface area contributed by atoms with Crippen LogP contribution in [-0.4, -0.2) is 18.3 Å². The van der Waals surface area contributed by atoms with Crippen LogP contribution in [0.5, 0.6) is 0 Å². The first-order chi connectivity index (χ1) is 40.7. The summed E-state index contributed by atoms with van der Waals surface area (Å²) in [6, 6.07) is 114. The molecular weight excluding hydrogens is 993 g/mol. The Morgan fingerprint density at radius 3 is 0.744 bits per heavy atom. The minimum Gasteiger partial charge on any atom is -0.309 e. The number of benzene rings is 13. The van der Waals surface area contributed by atoms with Crippen LogP contribution >= 0.6 is 0 Å². The zero-order valence-corrected chi connectivity index (χ0v) is 44.8. The fraction of sp³-hybridized carbons (Fsp3) is 0. The van der Waals surface area contributed by atoms with Gasteiger partial charge in [-0.3, -0.25) is 0 Å². The van der Waals surface area contributed by atoms with Crippen molar-refractivity contribution in [2.24, 2.45) is 0 Å². The van der Waals surface area contributed by atoms with E-state index >= 15 is 0 Å². The highest BCUT2D eigenvalue weighted by Crippen LogP contribution is 2.45. The van der Waals surface area contributed by atoms with E-state index in [1.54, 1.807) is 0 Å². The molecule has 0 aliphatic rings. The van der Waals surface area contributed by atoms with Crippen molar-refractivity contribution in [1.82, 2.24) is 18.3 Å². The molecule has 17 aromatic rings. The molecule has 4 aromatic heterocycles. The molecule has 82 heavy (non-hydrogen) atoms. The lowest BCUT2D eigenvalue weighted by Crippen LogP contribution is -1.95. The van der Waals surface area contributed by atoms with E-state index in [1.165, 1.54) is 132 Å². The Hall–Kier alpha value is -10.9. The van der Waals surface area contributed by atoms with Gasteiger partial charge >= 0.3 is 0 Å². The van der Waals surface area contributed by atoms with Gasteiger partial charge in [-0.1, -0.05) is 218 Å². The van der Waals surface area contributed by atoms with Gasteiger partial charge in [0.25, 0.3) is 0 Å². The van der Waals surface area contributed by atoms with Crippen molar-refractivity contribution in [3.8, 4) is 56.1 Å². The van der Waals surface area contributed by atoms with Gasteiger partial charge in [0.2, 0.25) is 0 Å². The number of para-hydroxylation sites is 5. The second kappa shape index (κ2) is 19.5. The molecule has 0 bridgehead atoms. The molecule has 384 valence electrons. The van der Waals surface area contributed by atoms with Crippen LogP contribution in [0, 0.1) is 0 Å². The van der Waals surface area contributed by atoms with Gasteiger partial charge < -0.3 is 18.3 Å². The molecule has 4 heteroatoms. The summed E-state index contributed by atoms with van der Waals surface area (Å²) < 4.78 is 9.66. The van der Waals surface area contributed by atoms with Crippen LogP contribution in [0.1, 0.15) is 0 Å². The van der Waals surface area contributed by atoms with Gasteiger partial charge in [0.15, 0.2) is 0 Å². The number of hydrogen-bond donors (Lipinski definition) is 0. The Balaban J connectivity index is 0.000000136. The maximum Gasteiger partial charge on any atom is 0.0548 e. The lowest BCUT2D eigenvalue weighted by Gasteiger charge is -2.11. The van der Waals surface area contributed by atoms with Gasteiger partial charge in [-0.05, 0) is 130 Å². The summed E-state index contributed by atoms with van der Waals surface area (Å²) in [6.45, 7) is 0. The molecule has 0 saturated heterocycles. The zero-order valence-electron chi connectivity index (χ0n) is 44.8. The van der Waals surface area contributed by atoms with Crippen LogP contribution in [0.15, 0.2) is 315 Å². The number of hydrogen-bond acceptors (Lipinski definition) is 0. The molecule has 0 N–H and O–H groups in total. The summed E-state index contributed by atoms with van der Waals surface area (Å²) in [5.41, 5.74) is 21.7. The van der Waals surface area contributed by atoms with Crippen molar-refractivity contribution >= 4 is 87.2 Å². The standard InChI is InChI=1S/C42H28N2.C36H24N2/c1-3-13-29(14-4-1)31-17-11-19-33(27-31)43-37-23-9-7-21-35(37)41-39(43)25-26-40-42(41)36-22-8-10-24-38(36)44(40)34-20-12-18-32(28-34)30-15-5-2-6-16-30;1-3-11-25(12-4-1)26-19-21-28(22-20-26)38-32-18-10-8-16-30(32)36-34(38)24-23-33-35(36)29-15-7-9-17-31(29)37(33)27-13-5-2-6-14-27/h1-28H;1-24H. The average Bonchev–Trinajstić information content (AvgIpc) is 3.72. The van der Waals surface area contributed by atoms with Crippen molar-refractivity contribution in [3.63, 3.8) is 0 Å². The maximum atomic E-state index is 2.43. The highest BCUT2D eigenvalue weighted by molar-refractivity contribution is 6.30. The second-order valence-electron chi connectivity index (χ2n) is 21.2. The Morgan fingerprint density at radius 2 is 0.390 bits per heavy atom. The molecule has 4 nitrogen and oxygen atoms in total. The third kappa shape index (κ3) is 7.61. The summed E-state index contributed by atoms with van der Waals surface area (Å²) in [7, 11) is 0. The molecule has 0 saturated carbocycles. The Morgan fingerprint density at radius 1 is 0.146 bits per heavy atom. The fourth-order valence-electron chi connectivity index (χ4n) is 13.1. The summed E-state index contributed by atoms with van der Waals surface area (Å²) in [5, 5.41) is 10.3. The van der Waals surface area contributed by atoms with E-state index in [4.69, 9.17) is 0 Å². The minimum absolute atomic E-state index is 1.16. The SMILES string of the molecule is c1ccc(-c2ccc(-n3c4ccccc4c4c5c6ccccc6n(-c6ccccc6)c5ccc43)cc2)cc1.c1ccc(-c2cccc(-n3c4ccccc4c4c5c6ccccc6n(-c6cccc(-c7ccccc7)c6)c5ccc43)c2)cc1. The monoisotopic (exact) mass is 1040 g/mol. The molecule has 4 heterocycles. The van der Waals surface area contributed by atoms with Crippen molar-refractivity contribution in [3.05, 3.63) is 315 Å². The Bertz CT molecular complexity index is 5060. The van der Waals surface area contributed by atoms with Gasteiger partial charge in [0.1, 0.15) is 0 Å². The van der Waals surface area contributed by atoms with Crippen molar-refractivity contribution in [1.29, 1.82) is 0 Å². The molecular formula is C78H52N4. The van der Waals surface area contributed by atoms with E-state index in [2.05, 4.69) is 334 Å². The normalized spacial score (nSPS) is 11.7. The topological polar surface area (TPSA) is 19.7 Å². The van der Waals surface area contributed by atoms with Crippen LogP contribution in [0.25, 0.3) is 143 Å². The third-order valence-corrected chi connectivity index (χ3v) is 16.6. The van der Waals surface area contributed by atoms with Crippen LogP contribution in [0.3, 0.4) is 0 Å². The summed E-state index contributed by atoms with van der Waals surface area (Å²) in [6.07, 6.45) is 0. The molecule has 0 atom stereocenters. The van der Waals surface area contributed by atoms with E-state index in [0.29, 0.717) is 0 Å². The fourth-order valence-corrected chi connectivity index (χ4v) is 13.1. The highest BCUT2D eigenvalue weighted by atomic mass is 15.0. The predicted molar refractivity (Wildman–Crippen MR) is 347 cm³/mol. The molecule has 0 unspecified atom stereocenters. The highest BCUT2D eigenvalue weighted by Gasteiger charge is 2.23. The summed E-state index contributed by atoms with van der Waals surface area (Å²) in [4.78, 5) is 0. The maximum absolute atomic E-state index is 2.43. The number of aromatic nitrogens is 4. The number of nitrogens with zero attached hydrogens (tertiary/aromatic N) is 4.